The van der Waals surface area contributed by atoms with Gasteiger partial charge in [0.15, 0.2) is 0 Å². The van der Waals surface area contributed by atoms with Gasteiger partial charge >= 0.3 is 0 Å². The maximum Gasteiger partial charge on any atom is 0.227 e. The van der Waals surface area contributed by atoms with E-state index in [0.717, 1.165) is 35.1 Å². The summed E-state index contributed by atoms with van der Waals surface area (Å²) in [6.07, 6.45) is 2.00. The average molecular weight is 434 g/mol. The lowest BCUT2D eigenvalue weighted by Gasteiger charge is -2.30. The van der Waals surface area contributed by atoms with Crippen LogP contribution in [0.2, 0.25) is 0 Å². The number of carbonyl (C=O) groups excluding carboxylic acids is 1. The van der Waals surface area contributed by atoms with E-state index in [1.807, 2.05) is 59.5 Å². The summed E-state index contributed by atoms with van der Waals surface area (Å²) in [5.41, 5.74) is 6.66. The molecule has 5 rings (SSSR count). The third-order valence-electron chi connectivity index (χ3n) is 6.50. The molecule has 0 unspecified atom stereocenters. The number of phenols is 1. The Labute approximate surface area is 195 Å². The molecule has 0 radical (unpaired) electrons. The van der Waals surface area contributed by atoms with Crippen LogP contribution in [0, 0.1) is 0 Å². The maximum atomic E-state index is 13.8. The van der Waals surface area contributed by atoms with E-state index in [0.29, 0.717) is 6.54 Å². The largest absolute Gasteiger partial charge is 0.508 e. The Morgan fingerprint density at radius 2 is 1.39 bits per heavy atom. The van der Waals surface area contributed by atoms with Gasteiger partial charge in [-0.1, -0.05) is 91.0 Å². The van der Waals surface area contributed by atoms with Crippen LogP contribution in [0.3, 0.4) is 0 Å². The number of nitrogens with zero attached hydrogens (tertiary/aromatic N) is 1. The van der Waals surface area contributed by atoms with Crippen LogP contribution in [0.1, 0.15) is 22.3 Å². The van der Waals surface area contributed by atoms with E-state index in [4.69, 9.17) is 0 Å². The van der Waals surface area contributed by atoms with Gasteiger partial charge in [0.2, 0.25) is 5.91 Å². The topological polar surface area (TPSA) is 40.5 Å². The van der Waals surface area contributed by atoms with Gasteiger partial charge in [0.1, 0.15) is 5.75 Å². The van der Waals surface area contributed by atoms with Gasteiger partial charge in [-0.25, -0.2) is 0 Å². The molecule has 164 valence electrons. The van der Waals surface area contributed by atoms with Crippen molar-refractivity contribution >= 4 is 5.91 Å². The van der Waals surface area contributed by atoms with Crippen molar-refractivity contribution in [2.24, 2.45) is 0 Å². The number of hydrogen-bond donors (Lipinski definition) is 1. The molecule has 0 bridgehead atoms. The molecule has 0 atom stereocenters. The SMILES string of the molecule is O=C(Cc1cc(O)ccc1-c1ccccc1)N(Cc1ccccc1)C1Cc2ccccc2C1. The van der Waals surface area contributed by atoms with Gasteiger partial charge in [-0.2, -0.15) is 0 Å². The van der Waals surface area contributed by atoms with E-state index in [1.54, 1.807) is 12.1 Å². The van der Waals surface area contributed by atoms with Gasteiger partial charge in [-0.15, -0.1) is 0 Å². The van der Waals surface area contributed by atoms with Crippen LogP contribution in [-0.4, -0.2) is 22.0 Å². The van der Waals surface area contributed by atoms with E-state index in [1.165, 1.54) is 11.1 Å². The molecule has 0 heterocycles. The van der Waals surface area contributed by atoms with E-state index in [2.05, 4.69) is 36.4 Å². The highest BCUT2D eigenvalue weighted by Crippen LogP contribution is 2.30. The summed E-state index contributed by atoms with van der Waals surface area (Å²) in [6, 6.07) is 34.2. The van der Waals surface area contributed by atoms with Gasteiger partial charge in [-0.05, 0) is 58.4 Å². The van der Waals surface area contributed by atoms with Crippen molar-refractivity contribution in [1.29, 1.82) is 0 Å². The molecule has 0 spiro atoms. The molecule has 0 saturated heterocycles. The number of carbonyl (C=O) groups is 1. The first-order valence-electron chi connectivity index (χ1n) is 11.4. The molecule has 1 N–H and O–H groups in total. The second-order valence-electron chi connectivity index (χ2n) is 8.72. The number of rotatable bonds is 6. The first kappa shape index (κ1) is 21.0. The maximum absolute atomic E-state index is 13.8. The summed E-state index contributed by atoms with van der Waals surface area (Å²) < 4.78 is 0. The van der Waals surface area contributed by atoms with Crippen molar-refractivity contribution in [2.45, 2.75) is 31.8 Å². The lowest BCUT2D eigenvalue weighted by atomic mass is 9.96. The number of benzene rings is 4. The highest BCUT2D eigenvalue weighted by atomic mass is 16.3. The number of aromatic hydroxyl groups is 1. The Morgan fingerprint density at radius 3 is 2.06 bits per heavy atom. The van der Waals surface area contributed by atoms with E-state index in [9.17, 15) is 9.90 Å². The number of amides is 1. The quantitative estimate of drug-likeness (QED) is 0.418. The molecule has 33 heavy (non-hydrogen) atoms. The molecule has 0 aromatic heterocycles. The minimum atomic E-state index is 0.0828. The van der Waals surface area contributed by atoms with Crippen molar-refractivity contribution in [2.75, 3.05) is 0 Å². The Bertz CT molecular complexity index is 1230. The van der Waals surface area contributed by atoms with E-state index >= 15 is 0 Å². The van der Waals surface area contributed by atoms with Crippen LogP contribution in [-0.2, 0) is 30.6 Å². The van der Waals surface area contributed by atoms with Crippen LogP contribution in [0.15, 0.2) is 103 Å². The summed E-state index contributed by atoms with van der Waals surface area (Å²) >= 11 is 0. The molecular weight excluding hydrogens is 406 g/mol. The number of fused-ring (bicyclic) bond motifs is 1. The normalized spacial score (nSPS) is 13.0. The molecule has 4 aromatic rings. The molecule has 0 aliphatic heterocycles. The zero-order chi connectivity index (χ0) is 22.6. The van der Waals surface area contributed by atoms with Crippen molar-refractivity contribution in [3.63, 3.8) is 0 Å². The third-order valence-corrected chi connectivity index (χ3v) is 6.50. The summed E-state index contributed by atoms with van der Waals surface area (Å²) in [5, 5.41) is 10.2. The highest BCUT2D eigenvalue weighted by molar-refractivity contribution is 5.83. The van der Waals surface area contributed by atoms with Crippen molar-refractivity contribution in [3.8, 4) is 16.9 Å². The van der Waals surface area contributed by atoms with Gasteiger partial charge in [0.25, 0.3) is 0 Å². The Kier molecular flexibility index (Phi) is 5.95. The van der Waals surface area contributed by atoms with Crippen LogP contribution >= 0.6 is 0 Å². The standard InChI is InChI=1S/C30H27NO2/c32-28-15-16-29(23-11-5-2-6-12-23)26(19-28)20-30(33)31(21-22-9-3-1-4-10-22)27-17-24-13-7-8-14-25(24)18-27/h1-16,19,27,32H,17-18,20-21H2. The zero-order valence-electron chi connectivity index (χ0n) is 18.5. The van der Waals surface area contributed by atoms with Crippen molar-refractivity contribution in [1.82, 2.24) is 4.90 Å². The van der Waals surface area contributed by atoms with Crippen LogP contribution in [0.25, 0.3) is 11.1 Å². The van der Waals surface area contributed by atoms with Gasteiger partial charge in [0, 0.05) is 12.6 Å². The molecule has 1 aliphatic rings. The molecule has 1 aliphatic carbocycles. The van der Waals surface area contributed by atoms with Crippen molar-refractivity contribution in [3.05, 3.63) is 125 Å². The van der Waals surface area contributed by atoms with Crippen molar-refractivity contribution < 1.29 is 9.90 Å². The zero-order valence-corrected chi connectivity index (χ0v) is 18.5. The van der Waals surface area contributed by atoms with E-state index < -0.39 is 0 Å². The molecule has 4 aromatic carbocycles. The Balaban J connectivity index is 1.45. The third kappa shape index (κ3) is 4.68. The number of phenolic OH excluding ortho intramolecular Hbond substituents is 1. The fraction of sp³-hybridized carbons (Fsp3) is 0.167. The van der Waals surface area contributed by atoms with Gasteiger partial charge in [0.05, 0.1) is 6.42 Å². The lowest BCUT2D eigenvalue weighted by molar-refractivity contribution is -0.133. The number of hydrogen-bond acceptors (Lipinski definition) is 2. The molecular formula is C30H27NO2. The summed E-state index contributed by atoms with van der Waals surface area (Å²) in [6.45, 7) is 0.581. The first-order valence-corrected chi connectivity index (χ1v) is 11.4. The van der Waals surface area contributed by atoms with Gasteiger partial charge in [-0.3, -0.25) is 4.79 Å². The average Bonchev–Trinajstić information content (AvgIpc) is 3.28. The second-order valence-corrected chi connectivity index (χ2v) is 8.72. The molecule has 0 fully saturated rings. The fourth-order valence-electron chi connectivity index (χ4n) is 4.85. The van der Waals surface area contributed by atoms with Crippen LogP contribution in [0.5, 0.6) is 5.75 Å². The molecule has 3 nitrogen and oxygen atoms in total. The lowest BCUT2D eigenvalue weighted by Crippen LogP contribution is -2.41. The highest BCUT2D eigenvalue weighted by Gasteiger charge is 2.30. The first-order chi connectivity index (χ1) is 16.2. The Hall–Kier alpha value is -3.85. The second kappa shape index (κ2) is 9.33. The predicted molar refractivity (Wildman–Crippen MR) is 132 cm³/mol. The minimum absolute atomic E-state index is 0.0828. The Morgan fingerprint density at radius 1 is 0.788 bits per heavy atom. The molecule has 0 saturated carbocycles. The summed E-state index contributed by atoms with van der Waals surface area (Å²) in [4.78, 5) is 15.8. The van der Waals surface area contributed by atoms with Crippen LogP contribution < -0.4 is 0 Å². The van der Waals surface area contributed by atoms with Gasteiger partial charge < -0.3 is 10.0 Å². The van der Waals surface area contributed by atoms with Crippen LogP contribution in [0.4, 0.5) is 0 Å². The fourth-order valence-corrected chi connectivity index (χ4v) is 4.85. The smallest absolute Gasteiger partial charge is 0.227 e. The summed E-state index contributed by atoms with van der Waals surface area (Å²) in [7, 11) is 0. The monoisotopic (exact) mass is 433 g/mol. The molecule has 1 amide bonds. The summed E-state index contributed by atoms with van der Waals surface area (Å²) in [5.74, 6) is 0.264. The minimum Gasteiger partial charge on any atom is -0.508 e. The predicted octanol–water partition coefficient (Wildman–Crippen LogP) is 5.80. The van der Waals surface area contributed by atoms with E-state index in [-0.39, 0.29) is 24.1 Å². The molecule has 3 heteroatoms.